The zero-order chi connectivity index (χ0) is 31.0. The molecule has 0 saturated heterocycles. The van der Waals surface area contributed by atoms with Gasteiger partial charge < -0.3 is 15.0 Å². The van der Waals surface area contributed by atoms with Crippen molar-refractivity contribution in [2.24, 2.45) is 0 Å². The third-order valence-corrected chi connectivity index (χ3v) is 10.1. The number of anilines is 1. The third-order valence-electron chi connectivity index (χ3n) is 7.66. The van der Waals surface area contributed by atoms with E-state index in [1.54, 1.807) is 42.5 Å². The van der Waals surface area contributed by atoms with Crippen LogP contribution in [0, 0.1) is 0 Å². The molecule has 0 unspecified atom stereocenters. The standard InChI is InChI=1S/C32H37Cl2N3O5S/c1-3-30(32(39)35-25-12-5-4-6-13-25)36(21-23-10-7-8-15-29(23)34)31(38)22-37(26-14-9-11-24(33)20-26)43(40,41)28-18-16-27(42-2)17-19-28/h7-11,14-20,25,30H,3-6,12-13,21-22H2,1-2H3,(H,35,39)/t30-/m1/s1. The van der Waals surface area contributed by atoms with E-state index in [9.17, 15) is 18.0 Å². The van der Waals surface area contributed by atoms with Gasteiger partial charge in [-0.3, -0.25) is 13.9 Å². The van der Waals surface area contributed by atoms with Crippen LogP contribution in [0.5, 0.6) is 5.75 Å². The van der Waals surface area contributed by atoms with E-state index in [-0.39, 0.29) is 29.1 Å². The third kappa shape index (κ3) is 8.22. The van der Waals surface area contributed by atoms with Crippen LogP contribution in [0.3, 0.4) is 0 Å². The fourth-order valence-corrected chi connectivity index (χ4v) is 7.09. The van der Waals surface area contributed by atoms with Gasteiger partial charge in [0.1, 0.15) is 18.3 Å². The van der Waals surface area contributed by atoms with Crippen LogP contribution in [0.15, 0.2) is 77.7 Å². The Morgan fingerprint density at radius 3 is 2.30 bits per heavy atom. The van der Waals surface area contributed by atoms with Gasteiger partial charge in [-0.25, -0.2) is 8.42 Å². The summed E-state index contributed by atoms with van der Waals surface area (Å²) in [5, 5.41) is 3.89. The molecule has 0 spiro atoms. The zero-order valence-electron chi connectivity index (χ0n) is 24.3. The first-order chi connectivity index (χ1) is 20.6. The van der Waals surface area contributed by atoms with Gasteiger partial charge in [0.2, 0.25) is 11.8 Å². The van der Waals surface area contributed by atoms with Crippen molar-refractivity contribution in [1.82, 2.24) is 10.2 Å². The SMILES string of the molecule is CC[C@H](C(=O)NC1CCCCC1)N(Cc1ccccc1Cl)C(=O)CN(c1cccc(Cl)c1)S(=O)(=O)c1ccc(OC)cc1. The minimum Gasteiger partial charge on any atom is -0.497 e. The molecule has 11 heteroatoms. The monoisotopic (exact) mass is 645 g/mol. The first-order valence-electron chi connectivity index (χ1n) is 14.4. The largest absolute Gasteiger partial charge is 0.497 e. The molecule has 0 aromatic heterocycles. The second-order valence-corrected chi connectivity index (χ2v) is 13.3. The van der Waals surface area contributed by atoms with Crippen LogP contribution >= 0.6 is 23.2 Å². The number of sulfonamides is 1. The van der Waals surface area contributed by atoms with Gasteiger partial charge in [-0.05, 0) is 73.4 Å². The van der Waals surface area contributed by atoms with Gasteiger partial charge in [-0.2, -0.15) is 0 Å². The minimum absolute atomic E-state index is 0.0270. The predicted octanol–water partition coefficient (Wildman–Crippen LogP) is 6.45. The maximum absolute atomic E-state index is 14.2. The van der Waals surface area contributed by atoms with Gasteiger partial charge in [-0.15, -0.1) is 0 Å². The lowest BCUT2D eigenvalue weighted by molar-refractivity contribution is -0.140. The van der Waals surface area contributed by atoms with Crippen LogP contribution in [-0.4, -0.2) is 50.9 Å². The number of carbonyl (C=O) groups excluding carboxylic acids is 2. The number of halogens is 2. The van der Waals surface area contributed by atoms with Gasteiger partial charge in [0.15, 0.2) is 0 Å². The van der Waals surface area contributed by atoms with E-state index in [1.165, 1.54) is 42.3 Å². The van der Waals surface area contributed by atoms with Crippen LogP contribution < -0.4 is 14.4 Å². The van der Waals surface area contributed by atoms with Crippen molar-refractivity contribution in [2.45, 2.75) is 69.0 Å². The Kier molecular flexibility index (Phi) is 11.3. The summed E-state index contributed by atoms with van der Waals surface area (Å²) in [7, 11) is -2.75. The number of nitrogens with zero attached hydrogens (tertiary/aromatic N) is 2. The quantitative estimate of drug-likeness (QED) is 0.244. The molecule has 43 heavy (non-hydrogen) atoms. The van der Waals surface area contributed by atoms with Crippen LogP contribution in [0.4, 0.5) is 5.69 Å². The molecule has 8 nitrogen and oxygen atoms in total. The molecule has 3 aromatic rings. The fourth-order valence-electron chi connectivity index (χ4n) is 5.31. The van der Waals surface area contributed by atoms with E-state index < -0.39 is 28.5 Å². The maximum Gasteiger partial charge on any atom is 0.264 e. The molecule has 1 aliphatic rings. The number of hydrogen-bond acceptors (Lipinski definition) is 5. The molecule has 1 saturated carbocycles. The summed E-state index contributed by atoms with van der Waals surface area (Å²) < 4.78 is 34.2. The number of benzene rings is 3. The first-order valence-corrected chi connectivity index (χ1v) is 16.6. The van der Waals surface area contributed by atoms with Crippen LogP contribution in [-0.2, 0) is 26.2 Å². The Morgan fingerprint density at radius 1 is 0.977 bits per heavy atom. The van der Waals surface area contributed by atoms with Gasteiger partial charge in [-0.1, -0.05) is 73.7 Å². The molecular formula is C32H37Cl2N3O5S. The van der Waals surface area contributed by atoms with E-state index in [4.69, 9.17) is 27.9 Å². The van der Waals surface area contributed by atoms with Crippen molar-refractivity contribution in [1.29, 1.82) is 0 Å². The van der Waals surface area contributed by atoms with Gasteiger partial charge in [0.05, 0.1) is 17.7 Å². The van der Waals surface area contributed by atoms with Crippen molar-refractivity contribution in [2.75, 3.05) is 18.0 Å². The van der Waals surface area contributed by atoms with Crippen LogP contribution in [0.25, 0.3) is 0 Å². The van der Waals surface area contributed by atoms with Crippen molar-refractivity contribution >= 4 is 50.7 Å². The van der Waals surface area contributed by atoms with E-state index in [0.29, 0.717) is 27.8 Å². The number of hydrogen-bond donors (Lipinski definition) is 1. The minimum atomic E-state index is -4.24. The highest BCUT2D eigenvalue weighted by molar-refractivity contribution is 7.92. The number of amides is 2. The Bertz CT molecular complexity index is 1510. The average Bonchev–Trinajstić information content (AvgIpc) is 3.01. The van der Waals surface area contributed by atoms with Crippen molar-refractivity contribution in [3.63, 3.8) is 0 Å². The summed E-state index contributed by atoms with van der Waals surface area (Å²) >= 11 is 12.7. The fraction of sp³-hybridized carbons (Fsp3) is 0.375. The Labute approximate surface area is 264 Å². The molecule has 4 rings (SSSR count). The molecule has 0 radical (unpaired) electrons. The molecule has 1 fully saturated rings. The second-order valence-electron chi connectivity index (χ2n) is 10.5. The summed E-state index contributed by atoms with van der Waals surface area (Å²) in [5.74, 6) is -0.324. The lowest BCUT2D eigenvalue weighted by Crippen LogP contribution is -2.54. The Hall–Kier alpha value is -3.27. The van der Waals surface area contributed by atoms with Crippen molar-refractivity contribution in [3.05, 3.63) is 88.4 Å². The molecule has 0 heterocycles. The molecule has 0 bridgehead atoms. The van der Waals surface area contributed by atoms with Crippen LogP contribution in [0.2, 0.25) is 10.0 Å². The van der Waals surface area contributed by atoms with E-state index in [1.807, 2.05) is 6.92 Å². The molecule has 230 valence electrons. The highest BCUT2D eigenvalue weighted by atomic mass is 35.5. The number of ether oxygens (including phenoxy) is 1. The van der Waals surface area contributed by atoms with Gasteiger partial charge >= 0.3 is 0 Å². The topological polar surface area (TPSA) is 96.0 Å². The number of methoxy groups -OCH3 is 1. The second kappa shape index (κ2) is 14.9. The normalized spacial score (nSPS) is 14.5. The van der Waals surface area contributed by atoms with Crippen molar-refractivity contribution < 1.29 is 22.7 Å². The predicted molar refractivity (Wildman–Crippen MR) is 170 cm³/mol. The summed E-state index contributed by atoms with van der Waals surface area (Å²) in [6, 6.07) is 18.5. The summed E-state index contributed by atoms with van der Waals surface area (Å²) in [5.41, 5.74) is 0.864. The lowest BCUT2D eigenvalue weighted by Gasteiger charge is -2.34. The summed E-state index contributed by atoms with van der Waals surface area (Å²) in [6.07, 6.45) is 5.34. The Balaban J connectivity index is 1.71. The molecule has 1 N–H and O–H groups in total. The van der Waals surface area contributed by atoms with Gasteiger partial charge in [0.25, 0.3) is 10.0 Å². The summed E-state index contributed by atoms with van der Waals surface area (Å²) in [6.45, 7) is 1.30. The zero-order valence-corrected chi connectivity index (χ0v) is 26.7. The highest BCUT2D eigenvalue weighted by Gasteiger charge is 2.34. The molecule has 0 aliphatic heterocycles. The summed E-state index contributed by atoms with van der Waals surface area (Å²) in [4.78, 5) is 29.3. The molecule has 1 aliphatic carbocycles. The smallest absolute Gasteiger partial charge is 0.264 e. The van der Waals surface area contributed by atoms with E-state index in [0.717, 1.165) is 36.4 Å². The highest BCUT2D eigenvalue weighted by Crippen LogP contribution is 2.28. The number of nitrogens with one attached hydrogen (secondary N) is 1. The maximum atomic E-state index is 14.2. The van der Waals surface area contributed by atoms with E-state index in [2.05, 4.69) is 5.32 Å². The first kappa shape index (κ1) is 32.6. The van der Waals surface area contributed by atoms with Crippen molar-refractivity contribution in [3.8, 4) is 5.75 Å². The number of carbonyl (C=O) groups is 2. The van der Waals surface area contributed by atoms with Gasteiger partial charge in [0, 0.05) is 22.6 Å². The lowest BCUT2D eigenvalue weighted by atomic mass is 9.95. The molecule has 2 amide bonds. The molecule has 1 atom stereocenters. The van der Waals surface area contributed by atoms with E-state index >= 15 is 0 Å². The molecular weight excluding hydrogens is 609 g/mol. The molecule has 3 aromatic carbocycles. The van der Waals surface area contributed by atoms with Crippen LogP contribution in [0.1, 0.15) is 51.0 Å². The average molecular weight is 647 g/mol. The number of rotatable bonds is 12. The Morgan fingerprint density at radius 2 is 1.67 bits per heavy atom.